The first kappa shape index (κ1) is 15.1. The zero-order valence-corrected chi connectivity index (χ0v) is 13.0. The second-order valence-corrected chi connectivity index (χ2v) is 5.10. The third kappa shape index (κ3) is 3.32. The molecular weight excluding hydrogens is 316 g/mol. The van der Waals surface area contributed by atoms with Crippen LogP contribution < -0.4 is 10.1 Å². The van der Waals surface area contributed by atoms with Gasteiger partial charge in [-0.25, -0.2) is 4.98 Å². The van der Waals surface area contributed by atoms with Gasteiger partial charge in [0, 0.05) is 11.6 Å². The molecule has 116 valence electrons. The quantitative estimate of drug-likeness (QED) is 0.769. The topological polar surface area (TPSA) is 79.9 Å². The van der Waals surface area contributed by atoms with Crippen LogP contribution >= 0.6 is 11.6 Å². The Morgan fingerprint density at radius 1 is 1.26 bits per heavy atom. The van der Waals surface area contributed by atoms with Gasteiger partial charge in [0.15, 0.2) is 0 Å². The van der Waals surface area contributed by atoms with Gasteiger partial charge >= 0.3 is 0 Å². The monoisotopic (exact) mass is 328 g/mol. The molecule has 0 saturated heterocycles. The highest BCUT2D eigenvalue weighted by Crippen LogP contribution is 2.26. The molecule has 2 aromatic heterocycles. The molecule has 0 spiro atoms. The number of aromatic nitrogens is 3. The van der Waals surface area contributed by atoms with Crippen LogP contribution in [0.25, 0.3) is 11.3 Å². The van der Waals surface area contributed by atoms with Crippen LogP contribution in [0.4, 0.5) is 5.69 Å². The highest BCUT2D eigenvalue weighted by Gasteiger charge is 2.13. The lowest BCUT2D eigenvalue weighted by Gasteiger charge is -2.03. The summed E-state index contributed by atoms with van der Waals surface area (Å²) in [4.78, 5) is 16.3. The van der Waals surface area contributed by atoms with Crippen LogP contribution in [0.15, 0.2) is 48.7 Å². The van der Waals surface area contributed by atoms with Crippen molar-refractivity contribution in [2.24, 2.45) is 0 Å². The Morgan fingerprint density at radius 2 is 2.09 bits per heavy atom. The van der Waals surface area contributed by atoms with E-state index in [0.717, 1.165) is 5.56 Å². The Balaban J connectivity index is 1.77. The fourth-order valence-corrected chi connectivity index (χ4v) is 2.25. The van der Waals surface area contributed by atoms with Gasteiger partial charge in [0.1, 0.15) is 5.69 Å². The number of nitrogens with zero attached hydrogens (tertiary/aromatic N) is 2. The molecule has 2 N–H and O–H groups in total. The lowest BCUT2D eigenvalue weighted by atomic mass is 10.1. The van der Waals surface area contributed by atoms with Crippen LogP contribution in [0.2, 0.25) is 5.02 Å². The summed E-state index contributed by atoms with van der Waals surface area (Å²) < 4.78 is 4.97. The zero-order valence-electron chi connectivity index (χ0n) is 12.2. The summed E-state index contributed by atoms with van der Waals surface area (Å²) in [7, 11) is 1.53. The molecule has 0 fully saturated rings. The number of hydrogen-bond donors (Lipinski definition) is 2. The van der Waals surface area contributed by atoms with Gasteiger partial charge in [-0.3, -0.25) is 9.89 Å². The molecule has 0 aliphatic carbocycles. The molecule has 1 amide bonds. The van der Waals surface area contributed by atoms with Crippen LogP contribution in [0.1, 0.15) is 10.5 Å². The van der Waals surface area contributed by atoms with Crippen molar-refractivity contribution >= 4 is 23.2 Å². The number of amides is 1. The number of pyridine rings is 1. The van der Waals surface area contributed by atoms with Crippen molar-refractivity contribution < 1.29 is 9.53 Å². The summed E-state index contributed by atoms with van der Waals surface area (Å²) in [5.74, 6) is 0.160. The summed E-state index contributed by atoms with van der Waals surface area (Å²) in [6, 6.07) is 12.3. The predicted molar refractivity (Wildman–Crippen MR) is 87.8 cm³/mol. The zero-order chi connectivity index (χ0) is 16.2. The van der Waals surface area contributed by atoms with Gasteiger partial charge < -0.3 is 10.1 Å². The van der Waals surface area contributed by atoms with Crippen LogP contribution in [-0.2, 0) is 0 Å². The highest BCUT2D eigenvalue weighted by atomic mass is 35.5. The fraction of sp³-hybridized carbons (Fsp3) is 0.0625. The van der Waals surface area contributed by atoms with Gasteiger partial charge in [-0.1, -0.05) is 29.8 Å². The summed E-state index contributed by atoms with van der Waals surface area (Å²) in [6.07, 6.45) is 1.52. The van der Waals surface area contributed by atoms with E-state index >= 15 is 0 Å². The second-order valence-electron chi connectivity index (χ2n) is 4.69. The smallest absolute Gasteiger partial charge is 0.273 e. The maximum absolute atomic E-state index is 12.2. The molecular formula is C16H13ClN4O2. The molecule has 3 rings (SSSR count). The average molecular weight is 329 g/mol. The molecule has 3 aromatic rings. The van der Waals surface area contributed by atoms with Crippen molar-refractivity contribution in [1.29, 1.82) is 0 Å². The average Bonchev–Trinajstić information content (AvgIpc) is 3.06. The Labute approximate surface area is 137 Å². The highest BCUT2D eigenvalue weighted by molar-refractivity contribution is 6.33. The van der Waals surface area contributed by atoms with Gasteiger partial charge in [-0.2, -0.15) is 5.10 Å². The maximum atomic E-state index is 12.2. The summed E-state index contributed by atoms with van der Waals surface area (Å²) in [5.41, 5.74) is 2.25. The minimum atomic E-state index is -0.317. The molecule has 7 heteroatoms. The first-order valence-corrected chi connectivity index (χ1v) is 7.17. The fourth-order valence-electron chi connectivity index (χ4n) is 2.02. The van der Waals surface area contributed by atoms with Gasteiger partial charge in [-0.15, -0.1) is 0 Å². The van der Waals surface area contributed by atoms with E-state index in [-0.39, 0.29) is 5.91 Å². The van der Waals surface area contributed by atoms with Crippen LogP contribution in [0, 0.1) is 0 Å². The van der Waals surface area contributed by atoms with E-state index in [0.29, 0.717) is 28.0 Å². The minimum absolute atomic E-state index is 0.317. The van der Waals surface area contributed by atoms with E-state index in [2.05, 4.69) is 20.5 Å². The van der Waals surface area contributed by atoms with Gasteiger partial charge in [0.05, 0.1) is 29.7 Å². The molecule has 2 heterocycles. The maximum Gasteiger partial charge on any atom is 0.273 e. The van der Waals surface area contributed by atoms with Crippen molar-refractivity contribution in [2.75, 3.05) is 12.4 Å². The first-order chi connectivity index (χ1) is 11.2. The molecule has 0 saturated carbocycles. The van der Waals surface area contributed by atoms with E-state index in [4.69, 9.17) is 16.3 Å². The number of H-pyrrole nitrogens is 1. The Bertz CT molecular complexity index is 830. The van der Waals surface area contributed by atoms with Crippen LogP contribution in [0.3, 0.4) is 0 Å². The van der Waals surface area contributed by atoms with E-state index in [9.17, 15) is 4.79 Å². The van der Waals surface area contributed by atoms with E-state index in [1.54, 1.807) is 24.3 Å². The number of carbonyl (C=O) groups is 1. The number of benzene rings is 1. The van der Waals surface area contributed by atoms with Crippen molar-refractivity contribution in [2.45, 2.75) is 0 Å². The molecule has 0 unspecified atom stereocenters. The number of nitrogens with one attached hydrogen (secondary N) is 2. The van der Waals surface area contributed by atoms with Crippen LogP contribution in [-0.4, -0.2) is 28.2 Å². The number of carbonyl (C=O) groups excluding carboxylic acids is 1. The van der Waals surface area contributed by atoms with E-state index in [1.807, 2.05) is 18.2 Å². The predicted octanol–water partition coefficient (Wildman–Crippen LogP) is 3.39. The molecule has 0 atom stereocenters. The van der Waals surface area contributed by atoms with Crippen molar-refractivity contribution in [3.05, 3.63) is 59.4 Å². The van der Waals surface area contributed by atoms with Gasteiger partial charge in [0.2, 0.25) is 5.88 Å². The third-order valence-electron chi connectivity index (χ3n) is 3.18. The normalized spacial score (nSPS) is 10.3. The Hall–Kier alpha value is -2.86. The SMILES string of the molecule is COc1ccc(NC(=O)c2cc(-c3ccccc3Cl)n[nH]2)cn1. The molecule has 6 nitrogen and oxygen atoms in total. The minimum Gasteiger partial charge on any atom is -0.481 e. The second kappa shape index (κ2) is 6.50. The van der Waals surface area contributed by atoms with Crippen molar-refractivity contribution in [1.82, 2.24) is 15.2 Å². The number of rotatable bonds is 4. The summed E-state index contributed by atoms with van der Waals surface area (Å²) >= 11 is 6.13. The molecule has 0 aliphatic rings. The molecule has 0 bridgehead atoms. The number of anilines is 1. The Kier molecular flexibility index (Phi) is 4.25. The van der Waals surface area contributed by atoms with E-state index < -0.39 is 0 Å². The molecule has 23 heavy (non-hydrogen) atoms. The number of ether oxygens (including phenoxy) is 1. The summed E-state index contributed by atoms with van der Waals surface area (Å²) in [5, 5.41) is 10.1. The molecule has 0 radical (unpaired) electrons. The van der Waals surface area contributed by atoms with Crippen molar-refractivity contribution in [3.63, 3.8) is 0 Å². The number of methoxy groups -OCH3 is 1. The number of aromatic amines is 1. The first-order valence-electron chi connectivity index (χ1n) is 6.79. The number of hydrogen-bond acceptors (Lipinski definition) is 4. The van der Waals surface area contributed by atoms with Crippen LogP contribution in [0.5, 0.6) is 5.88 Å². The van der Waals surface area contributed by atoms with E-state index in [1.165, 1.54) is 13.3 Å². The largest absolute Gasteiger partial charge is 0.481 e. The van der Waals surface area contributed by atoms with Gasteiger partial charge in [-0.05, 0) is 18.2 Å². The standard InChI is InChI=1S/C16H13ClN4O2/c1-23-15-7-6-10(9-18-15)19-16(22)14-8-13(20-21-14)11-4-2-3-5-12(11)17/h2-9H,1H3,(H,19,22)(H,20,21). The third-order valence-corrected chi connectivity index (χ3v) is 3.51. The van der Waals surface area contributed by atoms with Crippen molar-refractivity contribution in [3.8, 4) is 17.1 Å². The molecule has 1 aromatic carbocycles. The van der Waals surface area contributed by atoms with Gasteiger partial charge in [0.25, 0.3) is 5.91 Å². The Morgan fingerprint density at radius 3 is 2.78 bits per heavy atom. The summed E-state index contributed by atoms with van der Waals surface area (Å²) in [6.45, 7) is 0. The number of halogens is 1. The lowest BCUT2D eigenvalue weighted by Crippen LogP contribution is -2.12. The molecule has 0 aliphatic heterocycles. The lowest BCUT2D eigenvalue weighted by molar-refractivity contribution is 0.102.